The first-order valence-corrected chi connectivity index (χ1v) is 10.6. The van der Waals surface area contributed by atoms with Gasteiger partial charge in [-0.25, -0.2) is 0 Å². The molecule has 0 aliphatic heterocycles. The van der Waals surface area contributed by atoms with Crippen molar-refractivity contribution >= 4 is 0 Å². The largest absolute Gasteiger partial charge is 0.393 e. The molecule has 0 aromatic rings. The summed E-state index contributed by atoms with van der Waals surface area (Å²) in [5.74, 6) is 1.25. The summed E-state index contributed by atoms with van der Waals surface area (Å²) < 4.78 is 0. The molecule has 0 heterocycles. The lowest BCUT2D eigenvalue weighted by atomic mass is 9.46. The number of rotatable bonds is 0. The van der Waals surface area contributed by atoms with Gasteiger partial charge >= 0.3 is 0 Å². The third kappa shape index (κ3) is 2.62. The Morgan fingerprint density at radius 2 is 1.44 bits per heavy atom. The zero-order chi connectivity index (χ0) is 18.0. The summed E-state index contributed by atoms with van der Waals surface area (Å²) in [6.07, 6.45) is 7.53. The van der Waals surface area contributed by atoms with Crippen molar-refractivity contribution in [1.82, 2.24) is 0 Å². The van der Waals surface area contributed by atoms with Gasteiger partial charge in [-0.15, -0.1) is 0 Å². The lowest BCUT2D eigenvalue weighted by molar-refractivity contribution is -0.156. The quantitative estimate of drug-likeness (QED) is 0.540. The molecule has 4 aliphatic rings. The van der Waals surface area contributed by atoms with Crippen LogP contribution in [0.2, 0.25) is 0 Å². The van der Waals surface area contributed by atoms with Gasteiger partial charge in [-0.2, -0.15) is 0 Å². The lowest BCUT2D eigenvalue weighted by Gasteiger charge is -2.60. The maximum absolute atomic E-state index is 11.1. The number of nitrogens with two attached hydrogens (primary N) is 1. The van der Waals surface area contributed by atoms with E-state index in [1.807, 2.05) is 0 Å². The smallest absolute Gasteiger partial charge is 0.0599 e. The van der Waals surface area contributed by atoms with E-state index >= 15 is 0 Å². The summed E-state index contributed by atoms with van der Waals surface area (Å²) >= 11 is 0. The third-order valence-corrected chi connectivity index (χ3v) is 9.22. The highest BCUT2D eigenvalue weighted by atomic mass is 16.3. The molecule has 0 saturated heterocycles. The Morgan fingerprint density at radius 3 is 2.20 bits per heavy atom. The average molecular weight is 352 g/mol. The topological polar surface area (TPSA) is 86.7 Å². The van der Waals surface area contributed by atoms with E-state index in [2.05, 4.69) is 13.8 Å². The fourth-order valence-corrected chi connectivity index (χ4v) is 7.69. The minimum atomic E-state index is -0.450. The standard InChI is InChI=1S/C21H37NO3/c1-20-8-6-12(22)10-15(20)16(23)11-17(24)19-13-4-3-5-18(25)21(13,2)9-7-14(19)20/h12-19,23-25H,3-11,22H2,1-2H3/t12-,13?,14?,15?,16+,17?,18+,19?,20-,21?/m1/s1. The SMILES string of the molecule is CC12CCC3C(C(O)C[C@H](O)C4C[C@H](N)CC[C@]34C)C1CCC[C@@H]2O. The molecule has 5 N–H and O–H groups in total. The number of aliphatic hydroxyl groups excluding tert-OH is 3. The van der Waals surface area contributed by atoms with Crippen LogP contribution in [0.5, 0.6) is 0 Å². The molecule has 4 heteroatoms. The van der Waals surface area contributed by atoms with E-state index in [1.54, 1.807) is 0 Å². The fraction of sp³-hybridized carbons (Fsp3) is 1.00. The van der Waals surface area contributed by atoms with Gasteiger partial charge in [-0.1, -0.05) is 20.3 Å². The highest BCUT2D eigenvalue weighted by molar-refractivity contribution is 5.10. The van der Waals surface area contributed by atoms with Crippen LogP contribution in [0, 0.1) is 34.5 Å². The van der Waals surface area contributed by atoms with Crippen molar-refractivity contribution in [2.45, 2.75) is 96.0 Å². The van der Waals surface area contributed by atoms with E-state index in [0.29, 0.717) is 18.3 Å². The Labute approximate surface area is 152 Å². The van der Waals surface area contributed by atoms with Gasteiger partial charge in [-0.05, 0) is 85.9 Å². The molecule has 4 nitrogen and oxygen atoms in total. The van der Waals surface area contributed by atoms with Crippen molar-refractivity contribution in [2.24, 2.45) is 40.2 Å². The van der Waals surface area contributed by atoms with Gasteiger partial charge in [0.2, 0.25) is 0 Å². The number of hydrogen-bond acceptors (Lipinski definition) is 4. The van der Waals surface area contributed by atoms with Crippen LogP contribution in [0.15, 0.2) is 0 Å². The molecule has 0 aromatic heterocycles. The predicted octanol–water partition coefficient (Wildman–Crippen LogP) is 2.44. The van der Waals surface area contributed by atoms with Crippen LogP contribution in [0.3, 0.4) is 0 Å². The molecule has 0 amide bonds. The minimum absolute atomic E-state index is 0.0629. The van der Waals surface area contributed by atoms with Crippen LogP contribution < -0.4 is 5.73 Å². The van der Waals surface area contributed by atoms with Gasteiger partial charge in [0.15, 0.2) is 0 Å². The number of fused-ring (bicyclic) bond motifs is 5. The third-order valence-electron chi connectivity index (χ3n) is 9.22. The average Bonchev–Trinajstić information content (AvgIpc) is 2.64. The van der Waals surface area contributed by atoms with Crippen molar-refractivity contribution in [1.29, 1.82) is 0 Å². The summed E-state index contributed by atoms with van der Waals surface area (Å²) in [4.78, 5) is 0. The molecule has 25 heavy (non-hydrogen) atoms. The van der Waals surface area contributed by atoms with E-state index in [1.165, 1.54) is 0 Å². The van der Waals surface area contributed by atoms with E-state index in [9.17, 15) is 15.3 Å². The Kier molecular flexibility index (Phi) is 4.51. The summed E-state index contributed by atoms with van der Waals surface area (Å²) in [6.45, 7) is 4.62. The first-order valence-electron chi connectivity index (χ1n) is 10.6. The monoisotopic (exact) mass is 351 g/mol. The summed E-state index contributed by atoms with van der Waals surface area (Å²) in [5, 5.41) is 32.8. The van der Waals surface area contributed by atoms with E-state index in [0.717, 1.165) is 51.4 Å². The minimum Gasteiger partial charge on any atom is -0.393 e. The van der Waals surface area contributed by atoms with Crippen molar-refractivity contribution < 1.29 is 15.3 Å². The zero-order valence-corrected chi connectivity index (χ0v) is 15.9. The van der Waals surface area contributed by atoms with E-state index < -0.39 is 12.2 Å². The number of hydrogen-bond donors (Lipinski definition) is 4. The molecule has 10 atom stereocenters. The molecular weight excluding hydrogens is 314 g/mol. The molecule has 0 radical (unpaired) electrons. The molecular formula is C21H37NO3. The molecule has 4 rings (SSSR count). The van der Waals surface area contributed by atoms with Crippen molar-refractivity contribution in [2.75, 3.05) is 0 Å². The highest BCUT2D eigenvalue weighted by Gasteiger charge is 2.61. The summed E-state index contributed by atoms with van der Waals surface area (Å²) in [7, 11) is 0. The molecule has 0 spiro atoms. The van der Waals surface area contributed by atoms with Crippen LogP contribution in [-0.4, -0.2) is 39.7 Å². The highest BCUT2D eigenvalue weighted by Crippen LogP contribution is 2.64. The van der Waals surface area contributed by atoms with Gasteiger partial charge in [-0.3, -0.25) is 0 Å². The van der Waals surface area contributed by atoms with Crippen LogP contribution in [0.1, 0.15) is 71.6 Å². The normalized spacial score (nSPS) is 59.3. The molecule has 6 unspecified atom stereocenters. The lowest BCUT2D eigenvalue weighted by Crippen LogP contribution is -2.57. The second-order valence-electron chi connectivity index (χ2n) is 10.3. The van der Waals surface area contributed by atoms with Gasteiger partial charge in [0.05, 0.1) is 18.3 Å². The summed E-state index contributed by atoms with van der Waals surface area (Å²) in [6, 6.07) is 0.187. The van der Waals surface area contributed by atoms with Crippen LogP contribution >= 0.6 is 0 Å². The van der Waals surface area contributed by atoms with Gasteiger partial charge in [0, 0.05) is 6.04 Å². The molecule has 4 saturated carbocycles. The molecule has 144 valence electrons. The Hall–Kier alpha value is -0.160. The number of aliphatic hydroxyl groups is 3. The Balaban J connectivity index is 1.73. The van der Waals surface area contributed by atoms with E-state index in [-0.39, 0.29) is 34.8 Å². The first kappa shape index (κ1) is 18.2. The predicted molar refractivity (Wildman–Crippen MR) is 97.7 cm³/mol. The van der Waals surface area contributed by atoms with Crippen molar-refractivity contribution in [3.8, 4) is 0 Å². The molecule has 4 aliphatic carbocycles. The van der Waals surface area contributed by atoms with Crippen molar-refractivity contribution in [3.63, 3.8) is 0 Å². The Morgan fingerprint density at radius 1 is 0.760 bits per heavy atom. The maximum Gasteiger partial charge on any atom is 0.0599 e. The van der Waals surface area contributed by atoms with Gasteiger partial charge in [0.25, 0.3) is 0 Å². The van der Waals surface area contributed by atoms with Crippen molar-refractivity contribution in [3.05, 3.63) is 0 Å². The van der Waals surface area contributed by atoms with Crippen LogP contribution in [-0.2, 0) is 0 Å². The van der Waals surface area contributed by atoms with E-state index in [4.69, 9.17) is 5.73 Å². The van der Waals surface area contributed by atoms with Gasteiger partial charge < -0.3 is 21.1 Å². The molecule has 0 bridgehead atoms. The summed E-state index contributed by atoms with van der Waals surface area (Å²) in [5.41, 5.74) is 6.26. The second kappa shape index (κ2) is 6.19. The fourth-order valence-electron chi connectivity index (χ4n) is 7.69. The van der Waals surface area contributed by atoms with Crippen LogP contribution in [0.4, 0.5) is 0 Å². The first-order chi connectivity index (χ1) is 11.8. The maximum atomic E-state index is 11.1. The van der Waals surface area contributed by atoms with Crippen LogP contribution in [0.25, 0.3) is 0 Å². The molecule has 4 fully saturated rings. The zero-order valence-electron chi connectivity index (χ0n) is 15.9. The molecule has 0 aromatic carbocycles. The Bertz CT molecular complexity index is 513. The van der Waals surface area contributed by atoms with Gasteiger partial charge in [0.1, 0.15) is 0 Å². The second-order valence-corrected chi connectivity index (χ2v) is 10.3.